The minimum absolute atomic E-state index is 0. The number of piperidine rings is 2. The molecule has 0 aliphatic carbocycles. The molecule has 0 amide bonds. The first-order valence-corrected chi connectivity index (χ1v) is 14.7. The van der Waals surface area contributed by atoms with Gasteiger partial charge in [-0.1, -0.05) is 24.3 Å². The smallest absolute Gasteiger partial charge is 0.550 e. The quantitative estimate of drug-likeness (QED) is 0.328. The maximum absolute atomic E-state index is 15.1. The third-order valence-corrected chi connectivity index (χ3v) is 8.58. The molecule has 0 unspecified atom stereocenters. The summed E-state index contributed by atoms with van der Waals surface area (Å²) in [5.74, 6) is -1.94. The van der Waals surface area contributed by atoms with Crippen LogP contribution in [0.5, 0.6) is 5.75 Å². The number of aliphatic carboxylic acids is 1. The third-order valence-electron chi connectivity index (χ3n) is 8.58. The van der Waals surface area contributed by atoms with Crippen LogP contribution in [0.3, 0.4) is 0 Å². The van der Waals surface area contributed by atoms with Gasteiger partial charge in [0.25, 0.3) is 0 Å². The summed E-state index contributed by atoms with van der Waals surface area (Å²) in [4.78, 5) is 20.3. The number of carbonyl (C=O) groups is 1. The van der Waals surface area contributed by atoms with Crippen molar-refractivity contribution >= 4 is 11.8 Å². The van der Waals surface area contributed by atoms with E-state index < -0.39 is 23.5 Å². The number of anilines is 1. The number of rotatable bonds is 10. The van der Waals surface area contributed by atoms with Crippen LogP contribution in [0.25, 0.3) is 11.3 Å². The zero-order valence-electron chi connectivity index (χ0n) is 25.3. The molecule has 0 spiro atoms. The van der Waals surface area contributed by atoms with Gasteiger partial charge in [0.2, 0.25) is 0 Å². The van der Waals surface area contributed by atoms with E-state index in [0.717, 1.165) is 56.3 Å². The molecule has 0 radical (unpaired) electrons. The van der Waals surface area contributed by atoms with E-state index in [9.17, 15) is 14.3 Å². The van der Waals surface area contributed by atoms with E-state index in [-0.39, 0.29) is 47.5 Å². The minimum atomic E-state index is -1.03. The van der Waals surface area contributed by atoms with Crippen molar-refractivity contribution in [3.8, 4) is 17.0 Å². The van der Waals surface area contributed by atoms with Crippen molar-refractivity contribution in [3.63, 3.8) is 0 Å². The van der Waals surface area contributed by atoms with Gasteiger partial charge < -0.3 is 29.2 Å². The van der Waals surface area contributed by atoms with Gasteiger partial charge in [-0.25, -0.2) is 13.8 Å². The molecule has 0 bridgehead atoms. The second-order valence-corrected chi connectivity index (χ2v) is 11.3. The molecule has 0 atom stereocenters. The SMILES string of the molecule is COCCN1CCC(c2ccc(COc3c(F)cc(F)cc3-c3cccc(N4CCC(C(=O)[O-])CC4)n3)c(C)c2)CC1.[Na+]. The zero-order chi connectivity index (χ0) is 29.6. The number of carbonyl (C=O) groups excluding carboxylic acids is 1. The Labute approximate surface area is 274 Å². The summed E-state index contributed by atoms with van der Waals surface area (Å²) in [6.07, 6.45) is 3.12. The number of carboxylic acids is 1. The molecule has 10 heteroatoms. The van der Waals surface area contributed by atoms with E-state index >= 15 is 4.39 Å². The van der Waals surface area contributed by atoms with Gasteiger partial charge in [0.1, 0.15) is 18.2 Å². The first-order chi connectivity index (χ1) is 20.3. The van der Waals surface area contributed by atoms with Gasteiger partial charge in [-0.3, -0.25) is 0 Å². The van der Waals surface area contributed by atoms with Crippen LogP contribution >= 0.6 is 0 Å². The molecule has 2 aliphatic rings. The normalized spacial score (nSPS) is 16.6. The summed E-state index contributed by atoms with van der Waals surface area (Å²) in [5, 5.41) is 11.2. The average molecular weight is 602 g/mol. The van der Waals surface area contributed by atoms with Gasteiger partial charge in [-0.05, 0) is 86.5 Å². The second-order valence-electron chi connectivity index (χ2n) is 11.3. The summed E-state index contributed by atoms with van der Waals surface area (Å²) < 4.78 is 40.7. The van der Waals surface area contributed by atoms with E-state index in [1.165, 1.54) is 11.6 Å². The van der Waals surface area contributed by atoms with Crippen LogP contribution in [-0.4, -0.2) is 62.3 Å². The summed E-state index contributed by atoms with van der Waals surface area (Å²) in [6.45, 7) is 7.01. The molecule has 3 aromatic rings. The van der Waals surface area contributed by atoms with Crippen LogP contribution in [0.4, 0.5) is 14.6 Å². The fourth-order valence-corrected chi connectivity index (χ4v) is 5.99. The third kappa shape index (κ3) is 8.34. The van der Waals surface area contributed by atoms with E-state index in [0.29, 0.717) is 43.4 Å². The molecule has 43 heavy (non-hydrogen) atoms. The number of pyridine rings is 1. The molecule has 1 aromatic heterocycles. The Morgan fingerprint density at radius 2 is 1.77 bits per heavy atom. The average Bonchev–Trinajstić information content (AvgIpc) is 3.00. The summed E-state index contributed by atoms with van der Waals surface area (Å²) >= 11 is 0. The van der Waals surface area contributed by atoms with Crippen LogP contribution in [-0.2, 0) is 16.1 Å². The number of hydrogen-bond donors (Lipinski definition) is 0. The molecule has 0 saturated carbocycles. The molecule has 2 aliphatic heterocycles. The monoisotopic (exact) mass is 601 g/mol. The van der Waals surface area contributed by atoms with Gasteiger partial charge in [-0.15, -0.1) is 0 Å². The van der Waals surface area contributed by atoms with Crippen LogP contribution in [0, 0.1) is 24.5 Å². The topological polar surface area (TPSA) is 78.0 Å². The minimum Gasteiger partial charge on any atom is -0.550 e. The van der Waals surface area contributed by atoms with Crippen LogP contribution in [0.2, 0.25) is 0 Å². The molecule has 2 aromatic carbocycles. The van der Waals surface area contributed by atoms with Gasteiger partial charge in [0.05, 0.1) is 12.3 Å². The summed E-state index contributed by atoms with van der Waals surface area (Å²) in [5.41, 5.74) is 3.92. The Morgan fingerprint density at radius 1 is 1.02 bits per heavy atom. The molecule has 0 N–H and O–H groups in total. The number of methoxy groups -OCH3 is 1. The van der Waals surface area contributed by atoms with Crippen molar-refractivity contribution in [1.82, 2.24) is 9.88 Å². The maximum Gasteiger partial charge on any atom is 1.00 e. The molecule has 2 saturated heterocycles. The largest absolute Gasteiger partial charge is 1.00 e. The number of hydrogen-bond acceptors (Lipinski definition) is 7. The van der Waals surface area contributed by atoms with Crippen LogP contribution in [0.15, 0.2) is 48.5 Å². The standard InChI is InChI=1S/C33H39F2N3O4.Na/c1-22-18-25(23-8-12-37(13-9-23)16-17-41-2)6-7-26(22)21-42-32-28(19-27(34)20-29(32)35)30-4-3-5-31(36-30)38-14-10-24(11-15-38)33(39)40;/h3-7,18-20,23-24H,8-17,21H2,1-2H3,(H,39,40);/q;+1/p-1. The van der Waals surface area contributed by atoms with Crippen molar-refractivity contribution in [2.24, 2.45) is 5.92 Å². The van der Waals surface area contributed by atoms with Crippen molar-refractivity contribution in [2.45, 2.75) is 45.1 Å². The van der Waals surface area contributed by atoms with Crippen molar-refractivity contribution < 1.29 is 57.7 Å². The predicted octanol–water partition coefficient (Wildman–Crippen LogP) is 1.71. The number of aromatic nitrogens is 1. The number of nitrogens with zero attached hydrogens (tertiary/aromatic N) is 3. The molecule has 224 valence electrons. The van der Waals surface area contributed by atoms with E-state index in [4.69, 9.17) is 9.47 Å². The molecule has 7 nitrogen and oxygen atoms in total. The number of halogens is 2. The number of benzene rings is 2. The van der Waals surface area contributed by atoms with E-state index in [2.05, 4.69) is 22.0 Å². The molecule has 3 heterocycles. The molecular weight excluding hydrogens is 563 g/mol. The second kappa shape index (κ2) is 15.4. The van der Waals surface area contributed by atoms with E-state index in [1.807, 2.05) is 24.0 Å². The Bertz CT molecular complexity index is 1390. The molecular formula is C33H38F2N3NaO4. The van der Waals surface area contributed by atoms with Gasteiger partial charge >= 0.3 is 29.6 Å². The van der Waals surface area contributed by atoms with E-state index in [1.54, 1.807) is 19.2 Å². The Morgan fingerprint density at radius 3 is 2.44 bits per heavy atom. The molecule has 2 fully saturated rings. The van der Waals surface area contributed by atoms with Crippen molar-refractivity contribution in [1.29, 1.82) is 0 Å². The first-order valence-electron chi connectivity index (χ1n) is 14.7. The summed E-state index contributed by atoms with van der Waals surface area (Å²) in [7, 11) is 1.73. The zero-order valence-corrected chi connectivity index (χ0v) is 27.3. The predicted molar refractivity (Wildman–Crippen MR) is 155 cm³/mol. The number of likely N-dealkylation sites (tertiary alicyclic amines) is 1. The van der Waals surface area contributed by atoms with Gasteiger partial charge in [0, 0.05) is 50.3 Å². The number of ether oxygens (including phenoxy) is 2. The van der Waals surface area contributed by atoms with Gasteiger partial charge in [-0.2, -0.15) is 0 Å². The maximum atomic E-state index is 15.1. The van der Waals surface area contributed by atoms with Gasteiger partial charge in [0.15, 0.2) is 11.6 Å². The Hall–Kier alpha value is -2.56. The Balaban J connectivity index is 0.00000423. The van der Waals surface area contributed by atoms with Crippen LogP contribution < -0.4 is 44.3 Å². The summed E-state index contributed by atoms with van der Waals surface area (Å²) in [6, 6.07) is 13.7. The number of aryl methyl sites for hydroxylation is 1. The first kappa shape index (κ1) is 33.3. The fourth-order valence-electron chi connectivity index (χ4n) is 5.99. The molecule has 5 rings (SSSR count). The Kier molecular flexibility index (Phi) is 12.0. The van der Waals surface area contributed by atoms with Crippen molar-refractivity contribution in [2.75, 3.05) is 51.3 Å². The van der Waals surface area contributed by atoms with Crippen molar-refractivity contribution in [3.05, 3.63) is 76.9 Å². The number of carboxylic acid groups (broad SMARTS) is 1. The van der Waals surface area contributed by atoms with Crippen LogP contribution in [0.1, 0.15) is 48.3 Å². The fraction of sp³-hybridized carbons (Fsp3) is 0.455.